The number of rotatable bonds is 6. The molecule has 146 valence electrons. The molecule has 0 radical (unpaired) electrons. The van der Waals surface area contributed by atoms with Crippen LogP contribution in [0.25, 0.3) is 0 Å². The third kappa shape index (κ3) is 4.64. The molecular weight excluding hydrogens is 363 g/mol. The predicted octanol–water partition coefficient (Wildman–Crippen LogP) is 4.22. The van der Waals surface area contributed by atoms with Crippen LogP contribution in [0.5, 0.6) is 17.2 Å². The van der Waals surface area contributed by atoms with Gasteiger partial charge in [0.1, 0.15) is 0 Å². The van der Waals surface area contributed by atoms with E-state index < -0.39 is 23.7 Å². The first-order chi connectivity index (χ1) is 12.7. The molecule has 5 nitrogen and oxygen atoms in total. The number of halogens is 3. The van der Waals surface area contributed by atoms with Gasteiger partial charge >= 0.3 is 6.18 Å². The number of carbonyl (C=O) groups is 1. The summed E-state index contributed by atoms with van der Waals surface area (Å²) in [6.45, 7) is 1.68. The minimum absolute atomic E-state index is 0.267. The molecule has 0 heterocycles. The molecule has 0 spiro atoms. The molecule has 0 aliphatic heterocycles. The lowest BCUT2D eigenvalue weighted by Crippen LogP contribution is -2.26. The van der Waals surface area contributed by atoms with Crippen LogP contribution in [-0.4, -0.2) is 27.2 Å². The average Bonchev–Trinajstić information content (AvgIpc) is 2.65. The second-order valence-electron chi connectivity index (χ2n) is 5.73. The Kier molecular flexibility index (Phi) is 6.20. The van der Waals surface area contributed by atoms with Gasteiger partial charge < -0.3 is 19.5 Å². The number of carbonyl (C=O) groups excluding carboxylic acids is 1. The first-order valence-electron chi connectivity index (χ1n) is 7.99. The van der Waals surface area contributed by atoms with Gasteiger partial charge in [-0.05, 0) is 36.8 Å². The molecule has 1 amide bonds. The lowest BCUT2D eigenvalue weighted by molar-refractivity contribution is -0.137. The SMILES string of the molecule is COc1cc(C(=O)NC(C)c2ccc(C(F)(F)F)cc2)cc(OC)c1OC. The van der Waals surface area contributed by atoms with Gasteiger partial charge in [0.25, 0.3) is 5.91 Å². The predicted molar refractivity (Wildman–Crippen MR) is 93.4 cm³/mol. The molecule has 2 rings (SSSR count). The maximum atomic E-state index is 12.7. The zero-order chi connectivity index (χ0) is 20.2. The van der Waals surface area contributed by atoms with E-state index in [0.717, 1.165) is 12.1 Å². The van der Waals surface area contributed by atoms with E-state index in [-0.39, 0.29) is 5.56 Å². The Bertz CT molecular complexity index is 779. The van der Waals surface area contributed by atoms with Crippen LogP contribution in [0, 0.1) is 0 Å². The second kappa shape index (κ2) is 8.20. The number of ether oxygens (including phenoxy) is 3. The molecule has 2 aromatic carbocycles. The van der Waals surface area contributed by atoms with E-state index in [9.17, 15) is 18.0 Å². The average molecular weight is 383 g/mol. The summed E-state index contributed by atoms with van der Waals surface area (Å²) in [6, 6.07) is 7.13. The van der Waals surface area contributed by atoms with Gasteiger partial charge in [0.15, 0.2) is 11.5 Å². The topological polar surface area (TPSA) is 56.8 Å². The van der Waals surface area contributed by atoms with Crippen molar-refractivity contribution < 1.29 is 32.2 Å². The van der Waals surface area contributed by atoms with Crippen molar-refractivity contribution in [2.75, 3.05) is 21.3 Å². The molecule has 2 aromatic rings. The Morgan fingerprint density at radius 1 is 0.963 bits per heavy atom. The van der Waals surface area contributed by atoms with Crippen molar-refractivity contribution in [1.29, 1.82) is 0 Å². The first-order valence-corrected chi connectivity index (χ1v) is 7.99. The number of alkyl halides is 3. The highest BCUT2D eigenvalue weighted by Crippen LogP contribution is 2.38. The van der Waals surface area contributed by atoms with Crippen LogP contribution in [0.3, 0.4) is 0 Å². The molecule has 27 heavy (non-hydrogen) atoms. The molecule has 0 fully saturated rings. The lowest BCUT2D eigenvalue weighted by atomic mass is 10.0. The van der Waals surface area contributed by atoms with E-state index in [1.165, 1.54) is 45.6 Å². The molecule has 0 aliphatic rings. The van der Waals surface area contributed by atoms with Crippen molar-refractivity contribution in [3.63, 3.8) is 0 Å². The van der Waals surface area contributed by atoms with Crippen molar-refractivity contribution in [3.05, 3.63) is 53.1 Å². The quantitative estimate of drug-likeness (QED) is 0.811. The summed E-state index contributed by atoms with van der Waals surface area (Å²) >= 11 is 0. The molecule has 0 aromatic heterocycles. The van der Waals surface area contributed by atoms with Crippen molar-refractivity contribution >= 4 is 5.91 Å². The van der Waals surface area contributed by atoms with Crippen molar-refractivity contribution in [3.8, 4) is 17.2 Å². The summed E-state index contributed by atoms with van der Waals surface area (Å²) in [5.74, 6) is 0.572. The fourth-order valence-electron chi connectivity index (χ4n) is 2.54. The number of nitrogens with one attached hydrogen (secondary N) is 1. The van der Waals surface area contributed by atoms with Gasteiger partial charge in [0.2, 0.25) is 5.75 Å². The molecule has 1 atom stereocenters. The zero-order valence-corrected chi connectivity index (χ0v) is 15.3. The molecule has 1 unspecified atom stereocenters. The van der Waals surface area contributed by atoms with Gasteiger partial charge in [-0.2, -0.15) is 13.2 Å². The smallest absolute Gasteiger partial charge is 0.416 e. The van der Waals surface area contributed by atoms with Crippen LogP contribution in [0.4, 0.5) is 13.2 Å². The van der Waals surface area contributed by atoms with E-state index in [1.807, 2.05) is 0 Å². The van der Waals surface area contributed by atoms with Crippen molar-refractivity contribution in [1.82, 2.24) is 5.32 Å². The Morgan fingerprint density at radius 2 is 1.48 bits per heavy atom. The van der Waals surface area contributed by atoms with Crippen molar-refractivity contribution in [2.45, 2.75) is 19.1 Å². The first kappa shape index (κ1) is 20.4. The Morgan fingerprint density at radius 3 is 1.89 bits per heavy atom. The monoisotopic (exact) mass is 383 g/mol. The Balaban J connectivity index is 2.21. The van der Waals surface area contributed by atoms with Gasteiger partial charge in [-0.1, -0.05) is 12.1 Å². The number of hydrogen-bond donors (Lipinski definition) is 1. The third-order valence-electron chi connectivity index (χ3n) is 4.01. The highest BCUT2D eigenvalue weighted by atomic mass is 19.4. The largest absolute Gasteiger partial charge is 0.493 e. The van der Waals surface area contributed by atoms with Crippen molar-refractivity contribution in [2.24, 2.45) is 0 Å². The van der Waals surface area contributed by atoms with Crippen LogP contribution in [0.15, 0.2) is 36.4 Å². The molecule has 0 saturated heterocycles. The Hall–Kier alpha value is -2.90. The number of amides is 1. The summed E-state index contributed by atoms with van der Waals surface area (Å²) in [4.78, 5) is 12.5. The van der Waals surface area contributed by atoms with Crippen LogP contribution >= 0.6 is 0 Å². The van der Waals surface area contributed by atoms with Crippen LogP contribution < -0.4 is 19.5 Å². The van der Waals surface area contributed by atoms with Crippen LogP contribution in [-0.2, 0) is 6.18 Å². The highest BCUT2D eigenvalue weighted by Gasteiger charge is 2.30. The summed E-state index contributed by atoms with van der Waals surface area (Å²) in [5, 5.41) is 2.74. The zero-order valence-electron chi connectivity index (χ0n) is 15.3. The van der Waals surface area contributed by atoms with Gasteiger partial charge in [0, 0.05) is 5.56 Å². The van der Waals surface area contributed by atoms with Gasteiger partial charge in [-0.15, -0.1) is 0 Å². The van der Waals surface area contributed by atoms with Crippen LogP contribution in [0.1, 0.15) is 34.5 Å². The fourth-order valence-corrected chi connectivity index (χ4v) is 2.54. The molecule has 0 bridgehead atoms. The number of benzene rings is 2. The van der Waals surface area contributed by atoms with E-state index in [4.69, 9.17) is 14.2 Å². The second-order valence-corrected chi connectivity index (χ2v) is 5.73. The summed E-state index contributed by atoms with van der Waals surface area (Å²) in [5.41, 5.74) is 0.0708. The molecule has 1 N–H and O–H groups in total. The van der Waals surface area contributed by atoms with E-state index in [0.29, 0.717) is 22.8 Å². The van der Waals surface area contributed by atoms with Gasteiger partial charge in [-0.3, -0.25) is 4.79 Å². The minimum Gasteiger partial charge on any atom is -0.493 e. The number of methoxy groups -OCH3 is 3. The van der Waals surface area contributed by atoms with Gasteiger partial charge in [0.05, 0.1) is 32.9 Å². The standard InChI is InChI=1S/C19H20F3NO4/c1-11(12-5-7-14(8-6-12)19(20,21)22)23-18(24)13-9-15(25-2)17(27-4)16(10-13)26-3/h5-11H,1-4H3,(H,23,24). The molecule has 8 heteroatoms. The third-order valence-corrected chi connectivity index (χ3v) is 4.01. The molecular formula is C19H20F3NO4. The highest BCUT2D eigenvalue weighted by molar-refractivity contribution is 5.95. The minimum atomic E-state index is -4.40. The maximum Gasteiger partial charge on any atom is 0.416 e. The lowest BCUT2D eigenvalue weighted by Gasteiger charge is -2.17. The fraction of sp³-hybridized carbons (Fsp3) is 0.316. The number of hydrogen-bond acceptors (Lipinski definition) is 4. The normalized spacial score (nSPS) is 12.3. The van der Waals surface area contributed by atoms with E-state index in [1.54, 1.807) is 6.92 Å². The van der Waals surface area contributed by atoms with E-state index >= 15 is 0 Å². The van der Waals surface area contributed by atoms with Gasteiger partial charge in [-0.25, -0.2) is 0 Å². The maximum absolute atomic E-state index is 12.7. The van der Waals surface area contributed by atoms with E-state index in [2.05, 4.69) is 5.32 Å². The van der Waals surface area contributed by atoms with Crippen LogP contribution in [0.2, 0.25) is 0 Å². The summed E-state index contributed by atoms with van der Waals surface area (Å²) in [6.07, 6.45) is -4.40. The molecule has 0 saturated carbocycles. The summed E-state index contributed by atoms with van der Waals surface area (Å²) in [7, 11) is 4.32. The summed E-state index contributed by atoms with van der Waals surface area (Å²) < 4.78 is 53.6. The molecule has 0 aliphatic carbocycles. The Labute approximate surface area is 155 Å².